The van der Waals surface area contributed by atoms with Gasteiger partial charge < -0.3 is 28.1 Å². The maximum Gasteiger partial charge on any atom is 1.00 e. The van der Waals surface area contributed by atoms with Crippen molar-refractivity contribution >= 4 is 60.8 Å². The first-order valence-electron chi connectivity index (χ1n) is 17.9. The zero-order chi connectivity index (χ0) is 35.6. The predicted molar refractivity (Wildman–Crippen MR) is 224 cm³/mol. The van der Waals surface area contributed by atoms with E-state index in [0.717, 1.165) is 28.1 Å². The normalized spacial score (nSPS) is 13.7. The standard InChI is InChI=1S/C41H28N2.C10H7.Li/c1-2-28-14-13-19-31(24-28)36-27-37-34-21-11-12-23-40(34)43(41(37)35-22-10-9-20-33(35)36)32-25-38(29-15-5-3-6-16-29)42-39(26-32)30-17-7-4-8-18-30;1-2-6-10-8-4-3-7-9(10)5-1;/h1-13,15-27,38,42H;1-7H;/q-2;-1;+1. The van der Waals surface area contributed by atoms with Gasteiger partial charge in [0.15, 0.2) is 0 Å². The first kappa shape index (κ1) is 34.8. The van der Waals surface area contributed by atoms with Crippen LogP contribution in [0.2, 0.25) is 0 Å². The molecule has 0 fully saturated rings. The number of dihydropyridines is 1. The quantitative estimate of drug-likeness (QED) is 0.141. The Kier molecular flexibility index (Phi) is 9.88. The van der Waals surface area contributed by atoms with Gasteiger partial charge in [-0.1, -0.05) is 115 Å². The van der Waals surface area contributed by atoms with Crippen LogP contribution in [0, 0.1) is 18.7 Å². The summed E-state index contributed by atoms with van der Waals surface area (Å²) < 4.78 is 2.45. The molecule has 0 spiro atoms. The second-order valence-electron chi connectivity index (χ2n) is 13.2. The summed E-state index contributed by atoms with van der Waals surface area (Å²) in [7, 11) is 0. The molecule has 0 amide bonds. The van der Waals surface area contributed by atoms with E-state index >= 15 is 0 Å². The minimum Gasteiger partial charge on any atom is -0.374 e. The van der Waals surface area contributed by atoms with Crippen LogP contribution in [0.15, 0.2) is 188 Å². The maximum absolute atomic E-state index is 5.89. The minimum atomic E-state index is 0. The third-order valence-electron chi connectivity index (χ3n) is 10.0. The van der Waals surface area contributed by atoms with E-state index in [9.17, 15) is 0 Å². The second-order valence-corrected chi connectivity index (χ2v) is 13.2. The zero-order valence-electron chi connectivity index (χ0n) is 30.1. The van der Waals surface area contributed by atoms with Crippen LogP contribution in [0.25, 0.3) is 71.9 Å². The van der Waals surface area contributed by atoms with Crippen LogP contribution in [0.4, 0.5) is 0 Å². The molecule has 0 saturated carbocycles. The van der Waals surface area contributed by atoms with Gasteiger partial charge in [0.25, 0.3) is 0 Å². The van der Waals surface area contributed by atoms with Gasteiger partial charge in [0.2, 0.25) is 0 Å². The Labute approximate surface area is 328 Å². The Balaban J connectivity index is 0.000000325. The van der Waals surface area contributed by atoms with Gasteiger partial charge in [-0.2, -0.15) is 6.07 Å². The number of allylic oxidation sites excluding steroid dienone is 2. The smallest absolute Gasteiger partial charge is 0.374 e. The number of para-hydroxylation sites is 1. The molecule has 0 bridgehead atoms. The van der Waals surface area contributed by atoms with E-state index in [2.05, 4.69) is 180 Å². The summed E-state index contributed by atoms with van der Waals surface area (Å²) in [5.41, 5.74) is 10.2. The molecule has 1 aliphatic heterocycles. The van der Waals surface area contributed by atoms with Crippen LogP contribution >= 0.6 is 0 Å². The van der Waals surface area contributed by atoms with Crippen LogP contribution in [-0.2, 0) is 0 Å². The first-order valence-corrected chi connectivity index (χ1v) is 17.9. The summed E-state index contributed by atoms with van der Waals surface area (Å²) in [4.78, 5) is 0. The van der Waals surface area contributed by atoms with Gasteiger partial charge in [-0.15, -0.1) is 58.8 Å². The van der Waals surface area contributed by atoms with Gasteiger partial charge in [0, 0.05) is 27.6 Å². The fourth-order valence-electron chi connectivity index (χ4n) is 7.52. The Hall–Kier alpha value is -6.30. The van der Waals surface area contributed by atoms with Crippen LogP contribution in [-0.4, -0.2) is 4.57 Å². The molecular formula is C51H35LiN2-2. The molecule has 0 aliphatic carbocycles. The topological polar surface area (TPSA) is 17.0 Å². The molecule has 9 aromatic rings. The van der Waals surface area contributed by atoms with Crippen molar-refractivity contribution in [2.75, 3.05) is 0 Å². The summed E-state index contributed by atoms with van der Waals surface area (Å²) in [6.45, 7) is 5.89. The molecule has 2 heterocycles. The van der Waals surface area contributed by atoms with Crippen molar-refractivity contribution in [3.8, 4) is 11.1 Å². The van der Waals surface area contributed by atoms with Crippen LogP contribution in [0.3, 0.4) is 0 Å². The fourth-order valence-corrected chi connectivity index (χ4v) is 7.52. The van der Waals surface area contributed by atoms with Gasteiger partial charge >= 0.3 is 18.9 Å². The van der Waals surface area contributed by atoms with Crippen LogP contribution < -0.4 is 24.2 Å². The second kappa shape index (κ2) is 15.4. The number of nitrogens with zero attached hydrogens (tertiary/aromatic N) is 1. The monoisotopic (exact) mass is 682 g/mol. The molecule has 1 atom stereocenters. The first-order chi connectivity index (χ1) is 26.2. The number of rotatable bonds is 5. The number of hydrogen-bond acceptors (Lipinski definition) is 1. The van der Waals surface area contributed by atoms with Crippen LogP contribution in [0.5, 0.6) is 0 Å². The van der Waals surface area contributed by atoms with E-state index in [-0.39, 0.29) is 24.9 Å². The van der Waals surface area contributed by atoms with E-state index in [1.807, 2.05) is 30.3 Å². The summed E-state index contributed by atoms with van der Waals surface area (Å²) in [5.74, 6) is 0. The number of nitrogens with one attached hydrogen (secondary N) is 1. The molecule has 1 unspecified atom stereocenters. The molecule has 0 saturated heterocycles. The summed E-state index contributed by atoms with van der Waals surface area (Å²) >= 11 is 0. The molecule has 8 aromatic carbocycles. The molecule has 10 rings (SSSR count). The van der Waals surface area contributed by atoms with Crippen LogP contribution in [0.1, 0.15) is 22.7 Å². The largest absolute Gasteiger partial charge is 1.00 e. The minimum absolute atomic E-state index is 0. The van der Waals surface area contributed by atoms with Gasteiger partial charge in [0.05, 0.1) is 17.1 Å². The SMILES string of the molecule is [CH-]=Cc1[c-]ccc(-c2cc3c4ccccc4n(C4=CC(c5ccccc5)NC(c5ccccc5)=C4)c3c3ccccc23)c1.[Li+].[c-]1cccc2ccccc12. The Bertz CT molecular complexity index is 2760. The van der Waals surface area contributed by atoms with Crippen molar-refractivity contribution in [1.29, 1.82) is 0 Å². The number of fused-ring (bicyclic) bond motifs is 6. The van der Waals surface area contributed by atoms with Crippen molar-refractivity contribution in [2.45, 2.75) is 6.04 Å². The average molecular weight is 683 g/mol. The van der Waals surface area contributed by atoms with Gasteiger partial charge in [-0.25, -0.2) is 12.1 Å². The summed E-state index contributed by atoms with van der Waals surface area (Å²) in [5, 5.41) is 11.1. The molecular weight excluding hydrogens is 648 g/mol. The predicted octanol–water partition coefficient (Wildman–Crippen LogP) is 9.73. The molecule has 252 valence electrons. The van der Waals surface area contributed by atoms with Crippen molar-refractivity contribution in [3.05, 3.63) is 223 Å². The molecule has 0 radical (unpaired) electrons. The Morgan fingerprint density at radius 2 is 1.28 bits per heavy atom. The molecule has 54 heavy (non-hydrogen) atoms. The Morgan fingerprint density at radius 1 is 0.593 bits per heavy atom. The summed E-state index contributed by atoms with van der Waals surface area (Å²) in [6.07, 6.45) is 6.26. The fraction of sp³-hybridized carbons (Fsp3) is 0.0196. The molecule has 3 heteroatoms. The molecule has 1 N–H and O–H groups in total. The molecule has 1 aliphatic rings. The van der Waals surface area contributed by atoms with Crippen molar-refractivity contribution in [2.24, 2.45) is 0 Å². The molecule has 2 nitrogen and oxygen atoms in total. The average Bonchev–Trinajstić information content (AvgIpc) is 3.59. The molecule has 1 aromatic heterocycles. The summed E-state index contributed by atoms with van der Waals surface area (Å²) in [6, 6.07) is 67.9. The van der Waals surface area contributed by atoms with E-state index in [0.29, 0.717) is 0 Å². The Morgan fingerprint density at radius 3 is 2.07 bits per heavy atom. The van der Waals surface area contributed by atoms with E-state index < -0.39 is 0 Å². The maximum atomic E-state index is 5.89. The van der Waals surface area contributed by atoms with Crippen molar-refractivity contribution in [3.63, 3.8) is 0 Å². The van der Waals surface area contributed by atoms with Crippen molar-refractivity contribution < 1.29 is 18.9 Å². The van der Waals surface area contributed by atoms with E-state index in [4.69, 9.17) is 6.58 Å². The third-order valence-corrected chi connectivity index (χ3v) is 10.0. The zero-order valence-corrected chi connectivity index (χ0v) is 30.1. The van der Waals surface area contributed by atoms with Crippen molar-refractivity contribution in [1.82, 2.24) is 9.88 Å². The number of aromatic nitrogens is 1. The van der Waals surface area contributed by atoms with Gasteiger partial charge in [0.1, 0.15) is 0 Å². The third kappa shape index (κ3) is 6.59. The van der Waals surface area contributed by atoms with E-state index in [1.165, 1.54) is 54.5 Å². The van der Waals surface area contributed by atoms with Gasteiger partial charge in [-0.3, -0.25) is 0 Å². The number of hydrogen-bond donors (Lipinski definition) is 1. The van der Waals surface area contributed by atoms with E-state index in [1.54, 1.807) is 6.08 Å². The van der Waals surface area contributed by atoms with Gasteiger partial charge in [-0.05, 0) is 46.4 Å². The number of benzene rings is 8.